The second-order valence-corrected chi connectivity index (χ2v) is 4.43. The summed E-state index contributed by atoms with van der Waals surface area (Å²) >= 11 is 5.52. The van der Waals surface area contributed by atoms with Crippen LogP contribution in [0.25, 0.3) is 0 Å². The largest absolute Gasteiger partial charge is 0.390 e. The predicted octanol–water partition coefficient (Wildman–Crippen LogP) is 2.36. The number of aliphatic hydroxyl groups excluding tert-OH is 1. The molecule has 0 saturated carbocycles. The van der Waals surface area contributed by atoms with E-state index in [2.05, 4.69) is 10.6 Å². The molecule has 0 bridgehead atoms. The van der Waals surface area contributed by atoms with Crippen molar-refractivity contribution in [2.75, 3.05) is 23.1 Å². The number of carbonyl (C=O) groups excluding carboxylic acids is 1. The minimum absolute atomic E-state index is 0.0176. The maximum absolute atomic E-state index is 11.4. The summed E-state index contributed by atoms with van der Waals surface area (Å²) in [5.74, 6) is 0.175. The molecule has 0 fully saturated rings. The first kappa shape index (κ1) is 14.8. The Kier molecular flexibility index (Phi) is 5.95. The fourth-order valence-electron chi connectivity index (χ4n) is 1.40. The van der Waals surface area contributed by atoms with Crippen molar-refractivity contribution in [3.63, 3.8) is 0 Å². The zero-order valence-electron chi connectivity index (χ0n) is 10.7. The molecule has 0 aliphatic carbocycles. The average Bonchev–Trinajstić information content (AvgIpc) is 2.38. The summed E-state index contributed by atoms with van der Waals surface area (Å²) in [5, 5.41) is 15.3. The SMILES string of the molecule is CCC(=O)Nc1cc(NCC(O)CCl)ccc1C. The fraction of sp³-hybridized carbons (Fsp3) is 0.462. The molecule has 1 atom stereocenters. The molecule has 1 unspecified atom stereocenters. The number of carbonyl (C=O) groups is 1. The lowest BCUT2D eigenvalue weighted by molar-refractivity contribution is -0.115. The van der Waals surface area contributed by atoms with Crippen LogP contribution >= 0.6 is 11.6 Å². The third-order valence-electron chi connectivity index (χ3n) is 2.55. The maximum Gasteiger partial charge on any atom is 0.224 e. The molecule has 0 saturated heterocycles. The van der Waals surface area contributed by atoms with Crippen LogP contribution in [0.2, 0.25) is 0 Å². The van der Waals surface area contributed by atoms with Crippen molar-refractivity contribution in [3.05, 3.63) is 23.8 Å². The minimum Gasteiger partial charge on any atom is -0.390 e. The van der Waals surface area contributed by atoms with E-state index in [9.17, 15) is 9.90 Å². The van der Waals surface area contributed by atoms with Crippen LogP contribution < -0.4 is 10.6 Å². The van der Waals surface area contributed by atoms with Gasteiger partial charge in [0.25, 0.3) is 0 Å². The molecule has 0 aromatic heterocycles. The van der Waals surface area contributed by atoms with Gasteiger partial charge in [0.2, 0.25) is 5.91 Å². The topological polar surface area (TPSA) is 61.4 Å². The van der Waals surface area contributed by atoms with Gasteiger partial charge in [-0.2, -0.15) is 0 Å². The molecule has 0 spiro atoms. The molecule has 4 nitrogen and oxygen atoms in total. The Hall–Kier alpha value is -1.26. The molecule has 0 aliphatic heterocycles. The first-order chi connectivity index (χ1) is 8.56. The molecule has 3 N–H and O–H groups in total. The van der Waals surface area contributed by atoms with Crippen LogP contribution in [0.1, 0.15) is 18.9 Å². The third kappa shape index (κ3) is 4.55. The predicted molar refractivity (Wildman–Crippen MR) is 75.3 cm³/mol. The van der Waals surface area contributed by atoms with Gasteiger partial charge in [-0.1, -0.05) is 13.0 Å². The van der Waals surface area contributed by atoms with E-state index >= 15 is 0 Å². The zero-order chi connectivity index (χ0) is 13.5. The lowest BCUT2D eigenvalue weighted by Crippen LogP contribution is -2.20. The van der Waals surface area contributed by atoms with E-state index in [1.165, 1.54) is 0 Å². The summed E-state index contributed by atoms with van der Waals surface area (Å²) in [5.41, 5.74) is 2.63. The van der Waals surface area contributed by atoms with Gasteiger partial charge >= 0.3 is 0 Å². The van der Waals surface area contributed by atoms with Gasteiger partial charge in [0.15, 0.2) is 0 Å². The molecular weight excluding hydrogens is 252 g/mol. The molecule has 18 heavy (non-hydrogen) atoms. The highest BCUT2D eigenvalue weighted by molar-refractivity contribution is 6.18. The van der Waals surface area contributed by atoms with Crippen LogP contribution in [0.3, 0.4) is 0 Å². The zero-order valence-corrected chi connectivity index (χ0v) is 11.4. The van der Waals surface area contributed by atoms with E-state index in [0.717, 1.165) is 16.9 Å². The second kappa shape index (κ2) is 7.24. The van der Waals surface area contributed by atoms with E-state index in [0.29, 0.717) is 13.0 Å². The van der Waals surface area contributed by atoms with Crippen LogP contribution in [-0.2, 0) is 4.79 Å². The van der Waals surface area contributed by atoms with Crippen molar-refractivity contribution in [1.29, 1.82) is 0 Å². The van der Waals surface area contributed by atoms with Crippen molar-refractivity contribution < 1.29 is 9.90 Å². The van der Waals surface area contributed by atoms with E-state index < -0.39 is 6.10 Å². The Morgan fingerprint density at radius 1 is 1.50 bits per heavy atom. The highest BCUT2D eigenvalue weighted by Crippen LogP contribution is 2.20. The van der Waals surface area contributed by atoms with E-state index in [-0.39, 0.29) is 11.8 Å². The molecule has 0 radical (unpaired) electrons. The van der Waals surface area contributed by atoms with Gasteiger partial charge < -0.3 is 15.7 Å². The highest BCUT2D eigenvalue weighted by atomic mass is 35.5. The Morgan fingerprint density at radius 3 is 2.83 bits per heavy atom. The van der Waals surface area contributed by atoms with E-state index in [1.807, 2.05) is 32.0 Å². The van der Waals surface area contributed by atoms with Crippen LogP contribution in [0.4, 0.5) is 11.4 Å². The van der Waals surface area contributed by atoms with Crippen molar-refractivity contribution in [3.8, 4) is 0 Å². The number of hydrogen-bond acceptors (Lipinski definition) is 3. The van der Waals surface area contributed by atoms with Crippen LogP contribution in [0, 0.1) is 6.92 Å². The van der Waals surface area contributed by atoms with Crippen molar-refractivity contribution in [2.45, 2.75) is 26.4 Å². The standard InChI is InChI=1S/C13H19ClN2O2/c1-3-13(18)16-12-6-10(5-4-9(12)2)15-8-11(17)7-14/h4-6,11,15,17H,3,7-8H2,1-2H3,(H,16,18). The molecule has 1 rings (SSSR count). The second-order valence-electron chi connectivity index (χ2n) is 4.12. The van der Waals surface area contributed by atoms with Crippen LogP contribution in [0.5, 0.6) is 0 Å². The average molecular weight is 271 g/mol. The van der Waals surface area contributed by atoms with Crippen molar-refractivity contribution in [2.24, 2.45) is 0 Å². The summed E-state index contributed by atoms with van der Waals surface area (Å²) in [6, 6.07) is 5.67. The smallest absolute Gasteiger partial charge is 0.224 e. The lowest BCUT2D eigenvalue weighted by atomic mass is 10.1. The number of hydrogen-bond donors (Lipinski definition) is 3. The normalized spacial score (nSPS) is 12.0. The molecule has 1 aromatic rings. The molecule has 0 heterocycles. The van der Waals surface area contributed by atoms with Gasteiger partial charge in [0, 0.05) is 24.3 Å². The number of nitrogens with one attached hydrogen (secondary N) is 2. The maximum atomic E-state index is 11.4. The van der Waals surface area contributed by atoms with Gasteiger partial charge in [-0.05, 0) is 24.6 Å². The number of aryl methyl sites for hydroxylation is 1. The van der Waals surface area contributed by atoms with Gasteiger partial charge in [0.1, 0.15) is 0 Å². The number of aliphatic hydroxyl groups is 1. The van der Waals surface area contributed by atoms with Crippen molar-refractivity contribution in [1.82, 2.24) is 0 Å². The lowest BCUT2D eigenvalue weighted by Gasteiger charge is -2.13. The fourth-order valence-corrected chi connectivity index (χ4v) is 1.50. The van der Waals surface area contributed by atoms with E-state index in [4.69, 9.17) is 11.6 Å². The molecule has 1 amide bonds. The number of halogens is 1. The van der Waals surface area contributed by atoms with Gasteiger partial charge in [-0.25, -0.2) is 0 Å². The quantitative estimate of drug-likeness (QED) is 0.696. The highest BCUT2D eigenvalue weighted by Gasteiger charge is 2.05. The summed E-state index contributed by atoms with van der Waals surface area (Å²) in [6.45, 7) is 4.12. The van der Waals surface area contributed by atoms with Crippen LogP contribution in [-0.4, -0.2) is 29.5 Å². The van der Waals surface area contributed by atoms with Gasteiger partial charge in [-0.3, -0.25) is 4.79 Å². The summed E-state index contributed by atoms with van der Waals surface area (Å²) in [6.07, 6.45) is -0.135. The Labute approximate surface area is 112 Å². The summed E-state index contributed by atoms with van der Waals surface area (Å²) in [4.78, 5) is 11.4. The molecular formula is C13H19ClN2O2. The number of rotatable bonds is 6. The third-order valence-corrected chi connectivity index (χ3v) is 2.91. The van der Waals surface area contributed by atoms with Gasteiger partial charge in [-0.15, -0.1) is 11.6 Å². The van der Waals surface area contributed by atoms with E-state index in [1.54, 1.807) is 0 Å². The molecule has 0 aliphatic rings. The number of alkyl halides is 1. The summed E-state index contributed by atoms with van der Waals surface area (Å²) in [7, 11) is 0. The monoisotopic (exact) mass is 270 g/mol. The summed E-state index contributed by atoms with van der Waals surface area (Å²) < 4.78 is 0. The van der Waals surface area contributed by atoms with Crippen molar-refractivity contribution >= 4 is 28.9 Å². The Balaban J connectivity index is 2.71. The Bertz CT molecular complexity index is 410. The molecule has 5 heteroatoms. The molecule has 100 valence electrons. The number of benzene rings is 1. The number of anilines is 2. The number of amides is 1. The molecule has 1 aromatic carbocycles. The minimum atomic E-state index is -0.582. The Morgan fingerprint density at radius 2 is 2.22 bits per heavy atom. The first-order valence-electron chi connectivity index (χ1n) is 5.95. The first-order valence-corrected chi connectivity index (χ1v) is 6.48. The van der Waals surface area contributed by atoms with Gasteiger partial charge in [0.05, 0.1) is 12.0 Å². The van der Waals surface area contributed by atoms with Crippen LogP contribution in [0.15, 0.2) is 18.2 Å².